The Labute approximate surface area is 189 Å². The van der Waals surface area contributed by atoms with Gasteiger partial charge in [-0.1, -0.05) is 48.0 Å². The Hall–Kier alpha value is -2.37. The van der Waals surface area contributed by atoms with E-state index >= 15 is 0 Å². The number of carbonyl (C=O) groups excluding carboxylic acids is 2. The van der Waals surface area contributed by atoms with Crippen molar-refractivity contribution < 1.29 is 24.2 Å². The number of benzene rings is 1. The number of halogens is 1. The predicted octanol–water partition coefficient (Wildman–Crippen LogP) is 5.08. The summed E-state index contributed by atoms with van der Waals surface area (Å²) < 4.78 is 10.6. The first-order valence-electron chi connectivity index (χ1n) is 10.7. The fourth-order valence-corrected chi connectivity index (χ4v) is 3.40. The van der Waals surface area contributed by atoms with Gasteiger partial charge in [-0.3, -0.25) is 9.59 Å². The molecule has 168 valence electrons. The van der Waals surface area contributed by atoms with E-state index in [2.05, 4.69) is 0 Å². The van der Waals surface area contributed by atoms with Gasteiger partial charge in [0.2, 0.25) is 0 Å². The molecule has 1 N–H and O–H groups in total. The summed E-state index contributed by atoms with van der Waals surface area (Å²) >= 11 is 5.92. The van der Waals surface area contributed by atoms with Crippen molar-refractivity contribution in [1.29, 1.82) is 0 Å². The van der Waals surface area contributed by atoms with Gasteiger partial charge in [0.1, 0.15) is 18.5 Å². The van der Waals surface area contributed by atoms with E-state index in [1.165, 1.54) is 0 Å². The van der Waals surface area contributed by atoms with E-state index in [4.69, 9.17) is 21.1 Å². The van der Waals surface area contributed by atoms with Gasteiger partial charge in [0, 0.05) is 23.3 Å². The third kappa shape index (κ3) is 9.53. The molecule has 1 aliphatic rings. The minimum Gasteiger partial charge on any atom is -0.491 e. The van der Waals surface area contributed by atoms with E-state index in [9.17, 15) is 14.7 Å². The summed E-state index contributed by atoms with van der Waals surface area (Å²) in [4.78, 5) is 23.7. The van der Waals surface area contributed by atoms with Gasteiger partial charge in [-0.2, -0.15) is 0 Å². The highest BCUT2D eigenvalue weighted by molar-refractivity contribution is 6.30. The number of hydrogen-bond donors (Lipinski definition) is 1. The number of ether oxygens (including phenoxy) is 2. The van der Waals surface area contributed by atoms with E-state index in [0.717, 1.165) is 12.8 Å². The fourth-order valence-electron chi connectivity index (χ4n) is 3.22. The number of unbranched alkanes of at least 4 members (excludes halogenated alkanes) is 1. The molecule has 2 rings (SSSR count). The third-order valence-electron chi connectivity index (χ3n) is 4.76. The lowest BCUT2D eigenvalue weighted by atomic mass is 9.90. The van der Waals surface area contributed by atoms with Crippen LogP contribution in [0.2, 0.25) is 5.02 Å². The van der Waals surface area contributed by atoms with Crippen LogP contribution in [0.3, 0.4) is 0 Å². The van der Waals surface area contributed by atoms with Gasteiger partial charge in [-0.15, -0.1) is 0 Å². The quantitative estimate of drug-likeness (QED) is 0.275. The molecular formula is C25H31ClO5. The Kier molecular flexibility index (Phi) is 10.5. The Bertz CT molecular complexity index is 812. The van der Waals surface area contributed by atoms with E-state index in [0.29, 0.717) is 23.6 Å². The van der Waals surface area contributed by atoms with Gasteiger partial charge >= 0.3 is 5.97 Å². The first-order valence-corrected chi connectivity index (χ1v) is 11.0. The Morgan fingerprint density at radius 2 is 2.10 bits per heavy atom. The standard InChI is InChI=1S/C25H31ClO5/c1-18(2)31-25(29)11-6-4-3-5-10-23-19(13-15-24(23)28)12-14-21(27)17-30-22-9-7-8-20(26)16-22/h3,5,7-9,12-16,18-19,21,23,27H,4,6,10-11,17H2,1-2H3/t19-,21?,23+/m0/s1. The summed E-state index contributed by atoms with van der Waals surface area (Å²) in [5.41, 5.74) is 0. The van der Waals surface area contributed by atoms with Gasteiger partial charge < -0.3 is 14.6 Å². The highest BCUT2D eigenvalue weighted by Gasteiger charge is 2.27. The molecule has 3 atom stereocenters. The van der Waals surface area contributed by atoms with E-state index in [1.807, 2.05) is 38.2 Å². The molecule has 1 aliphatic carbocycles. The number of allylic oxidation sites excluding steroid dienone is 5. The molecule has 31 heavy (non-hydrogen) atoms. The molecule has 0 fully saturated rings. The molecule has 0 saturated heterocycles. The number of aliphatic hydroxyl groups excluding tert-OH is 1. The highest BCUT2D eigenvalue weighted by Crippen LogP contribution is 2.27. The van der Waals surface area contributed by atoms with Crippen LogP contribution in [0.25, 0.3) is 0 Å². The van der Waals surface area contributed by atoms with Crippen molar-refractivity contribution in [3.8, 4) is 5.75 Å². The maximum atomic E-state index is 12.2. The van der Waals surface area contributed by atoms with Gasteiger partial charge in [-0.05, 0) is 57.4 Å². The maximum absolute atomic E-state index is 12.2. The first-order chi connectivity index (χ1) is 14.8. The summed E-state index contributed by atoms with van der Waals surface area (Å²) in [6, 6.07) is 7.00. The van der Waals surface area contributed by atoms with Crippen molar-refractivity contribution in [1.82, 2.24) is 0 Å². The van der Waals surface area contributed by atoms with Crippen LogP contribution in [0, 0.1) is 11.8 Å². The summed E-state index contributed by atoms with van der Waals surface area (Å²) in [6.45, 7) is 3.77. The molecule has 0 saturated carbocycles. The van der Waals surface area contributed by atoms with Crippen LogP contribution in [0.15, 0.2) is 60.7 Å². The van der Waals surface area contributed by atoms with Gasteiger partial charge in [-0.25, -0.2) is 0 Å². The minimum absolute atomic E-state index is 0.0565. The maximum Gasteiger partial charge on any atom is 0.306 e. The molecule has 0 aromatic heterocycles. The largest absolute Gasteiger partial charge is 0.491 e. The normalized spacial score (nSPS) is 19.6. The van der Waals surface area contributed by atoms with Gasteiger partial charge in [0.15, 0.2) is 5.78 Å². The molecule has 0 aliphatic heterocycles. The second-order valence-corrected chi connectivity index (χ2v) is 8.24. The molecule has 6 heteroatoms. The fraction of sp³-hybridized carbons (Fsp3) is 0.440. The minimum atomic E-state index is -0.787. The van der Waals surface area contributed by atoms with Crippen LogP contribution in [-0.2, 0) is 14.3 Å². The van der Waals surface area contributed by atoms with Crippen LogP contribution >= 0.6 is 11.6 Å². The number of hydrogen-bond acceptors (Lipinski definition) is 5. The zero-order chi connectivity index (χ0) is 22.6. The number of carbonyl (C=O) groups is 2. The van der Waals surface area contributed by atoms with Crippen molar-refractivity contribution >= 4 is 23.4 Å². The third-order valence-corrected chi connectivity index (χ3v) is 5.00. The first kappa shape index (κ1) is 24.9. The highest BCUT2D eigenvalue weighted by atomic mass is 35.5. The number of aliphatic hydroxyl groups is 1. The summed E-state index contributed by atoms with van der Waals surface area (Å²) in [5, 5.41) is 10.7. The number of rotatable bonds is 12. The molecule has 0 bridgehead atoms. The smallest absolute Gasteiger partial charge is 0.306 e. The van der Waals surface area contributed by atoms with E-state index < -0.39 is 6.10 Å². The predicted molar refractivity (Wildman–Crippen MR) is 122 cm³/mol. The molecule has 0 amide bonds. The summed E-state index contributed by atoms with van der Waals surface area (Å²) in [6.07, 6.45) is 12.6. The molecule has 5 nitrogen and oxygen atoms in total. The molecule has 1 aromatic rings. The molecule has 0 spiro atoms. The monoisotopic (exact) mass is 446 g/mol. The average Bonchev–Trinajstić information content (AvgIpc) is 3.06. The lowest BCUT2D eigenvalue weighted by molar-refractivity contribution is -0.147. The van der Waals surface area contributed by atoms with Crippen molar-refractivity contribution in [2.24, 2.45) is 11.8 Å². The van der Waals surface area contributed by atoms with Crippen LogP contribution in [0.1, 0.15) is 39.5 Å². The number of ketones is 1. The van der Waals surface area contributed by atoms with E-state index in [1.54, 1.807) is 36.4 Å². The molecule has 0 heterocycles. The second-order valence-electron chi connectivity index (χ2n) is 7.80. The SMILES string of the molecule is CC(C)OC(=O)CCCC=CC[C@H]1C(=O)C=C[C@@H]1C=CC(O)COc1cccc(Cl)c1. The summed E-state index contributed by atoms with van der Waals surface area (Å²) in [7, 11) is 0. The van der Waals surface area contributed by atoms with Crippen LogP contribution in [0.4, 0.5) is 0 Å². The summed E-state index contributed by atoms with van der Waals surface area (Å²) in [5.74, 6) is 0.279. The Morgan fingerprint density at radius 1 is 1.29 bits per heavy atom. The molecule has 1 aromatic carbocycles. The van der Waals surface area contributed by atoms with Crippen LogP contribution in [0.5, 0.6) is 5.75 Å². The van der Waals surface area contributed by atoms with Crippen molar-refractivity contribution in [3.63, 3.8) is 0 Å². The number of esters is 1. The van der Waals surface area contributed by atoms with Crippen LogP contribution < -0.4 is 4.74 Å². The van der Waals surface area contributed by atoms with Crippen molar-refractivity contribution in [2.75, 3.05) is 6.61 Å². The topological polar surface area (TPSA) is 72.8 Å². The zero-order valence-electron chi connectivity index (χ0n) is 18.1. The van der Waals surface area contributed by atoms with Gasteiger partial charge in [0.05, 0.1) is 6.10 Å². The lowest BCUT2D eigenvalue weighted by Crippen LogP contribution is -2.17. The molecule has 1 unspecified atom stereocenters. The molecule has 0 radical (unpaired) electrons. The lowest BCUT2D eigenvalue weighted by Gasteiger charge is -2.14. The Balaban J connectivity index is 1.73. The van der Waals surface area contributed by atoms with Gasteiger partial charge in [0.25, 0.3) is 0 Å². The van der Waals surface area contributed by atoms with Crippen LogP contribution in [-0.4, -0.2) is 35.7 Å². The average molecular weight is 447 g/mol. The van der Waals surface area contributed by atoms with Crippen molar-refractivity contribution in [2.45, 2.75) is 51.7 Å². The van der Waals surface area contributed by atoms with E-state index in [-0.39, 0.29) is 36.3 Å². The zero-order valence-corrected chi connectivity index (χ0v) is 18.8. The molecular weight excluding hydrogens is 416 g/mol. The second kappa shape index (κ2) is 13.1. The Morgan fingerprint density at radius 3 is 2.84 bits per heavy atom. The van der Waals surface area contributed by atoms with Crippen molar-refractivity contribution in [3.05, 3.63) is 65.7 Å².